The van der Waals surface area contributed by atoms with Crippen LogP contribution >= 0.6 is 11.3 Å². The van der Waals surface area contributed by atoms with E-state index in [9.17, 15) is 4.79 Å². The first-order chi connectivity index (χ1) is 14.2. The Morgan fingerprint density at radius 3 is 2.69 bits per heavy atom. The van der Waals surface area contributed by atoms with Crippen molar-refractivity contribution in [1.29, 1.82) is 0 Å². The predicted molar refractivity (Wildman–Crippen MR) is 115 cm³/mol. The number of para-hydroxylation sites is 2. The monoisotopic (exact) mass is 411 g/mol. The Morgan fingerprint density at radius 2 is 1.97 bits per heavy atom. The van der Waals surface area contributed by atoms with E-state index >= 15 is 0 Å². The van der Waals surface area contributed by atoms with Gasteiger partial charge in [0.2, 0.25) is 11.8 Å². The fraction of sp³-hybridized carbons (Fsp3) is 0.364. The second-order valence-electron chi connectivity index (χ2n) is 6.94. The van der Waals surface area contributed by atoms with E-state index in [4.69, 9.17) is 9.15 Å². The van der Waals surface area contributed by atoms with Crippen molar-refractivity contribution in [3.8, 4) is 16.5 Å². The lowest BCUT2D eigenvalue weighted by Crippen LogP contribution is -2.49. The van der Waals surface area contributed by atoms with E-state index in [2.05, 4.69) is 16.0 Å². The molecule has 0 spiro atoms. The van der Waals surface area contributed by atoms with Crippen LogP contribution in [-0.2, 0) is 11.2 Å². The molecule has 1 aliphatic rings. The average Bonchev–Trinajstić information content (AvgIpc) is 3.39. The third kappa shape index (κ3) is 4.29. The molecule has 0 saturated carbocycles. The van der Waals surface area contributed by atoms with Crippen molar-refractivity contribution in [2.75, 3.05) is 37.7 Å². The van der Waals surface area contributed by atoms with E-state index in [1.54, 1.807) is 11.3 Å². The normalized spacial score (nSPS) is 14.3. The van der Waals surface area contributed by atoms with Crippen molar-refractivity contribution in [2.24, 2.45) is 0 Å². The lowest BCUT2D eigenvalue weighted by molar-refractivity contribution is -0.130. The van der Waals surface area contributed by atoms with E-state index in [1.807, 2.05) is 54.5 Å². The molecule has 3 heterocycles. The number of ether oxygens (including phenoxy) is 1. The molecule has 1 aromatic carbocycles. The number of hydrogen-bond donors (Lipinski definition) is 0. The van der Waals surface area contributed by atoms with Gasteiger partial charge in [0.1, 0.15) is 11.5 Å². The first-order valence-electron chi connectivity index (χ1n) is 9.90. The molecular formula is C22H25N3O3S. The van der Waals surface area contributed by atoms with Crippen molar-refractivity contribution >= 4 is 22.9 Å². The molecule has 0 unspecified atom stereocenters. The summed E-state index contributed by atoms with van der Waals surface area (Å²) in [4.78, 5) is 22.6. The van der Waals surface area contributed by atoms with Crippen LogP contribution in [0.3, 0.4) is 0 Å². The Hall–Kier alpha value is -2.80. The number of hydrogen-bond acceptors (Lipinski definition) is 6. The molecule has 0 aliphatic carbocycles. The summed E-state index contributed by atoms with van der Waals surface area (Å²) in [5, 5.41) is 1.99. The minimum absolute atomic E-state index is 0.0943. The fourth-order valence-electron chi connectivity index (χ4n) is 3.55. The average molecular weight is 412 g/mol. The molecule has 1 aliphatic heterocycles. The van der Waals surface area contributed by atoms with Gasteiger partial charge in [-0.05, 0) is 37.4 Å². The van der Waals surface area contributed by atoms with E-state index < -0.39 is 0 Å². The van der Waals surface area contributed by atoms with Gasteiger partial charge in [-0.25, -0.2) is 4.98 Å². The van der Waals surface area contributed by atoms with Gasteiger partial charge in [0, 0.05) is 26.2 Å². The van der Waals surface area contributed by atoms with Crippen LogP contribution in [0.5, 0.6) is 5.75 Å². The molecule has 1 saturated heterocycles. The van der Waals surface area contributed by atoms with Crippen molar-refractivity contribution in [1.82, 2.24) is 9.88 Å². The van der Waals surface area contributed by atoms with Crippen LogP contribution in [0, 0.1) is 6.92 Å². The number of thiophene rings is 1. The standard InChI is InChI=1S/C22H25N3O3S/c1-3-27-19-8-5-4-7-18(19)24-10-12-25(13-11-24)21(26)15-17-16(2)28-22(23-17)20-9-6-14-29-20/h4-9,14H,3,10-13,15H2,1-2H3. The molecular weight excluding hydrogens is 386 g/mol. The highest BCUT2D eigenvalue weighted by atomic mass is 32.1. The third-order valence-corrected chi connectivity index (χ3v) is 5.94. The van der Waals surface area contributed by atoms with Gasteiger partial charge in [0.05, 0.1) is 29.3 Å². The van der Waals surface area contributed by atoms with Crippen LogP contribution in [0.4, 0.5) is 5.69 Å². The third-order valence-electron chi connectivity index (χ3n) is 5.08. The summed E-state index contributed by atoms with van der Waals surface area (Å²) in [5.74, 6) is 2.30. The Morgan fingerprint density at radius 1 is 1.17 bits per heavy atom. The number of benzene rings is 1. The molecule has 0 N–H and O–H groups in total. The zero-order chi connectivity index (χ0) is 20.2. The van der Waals surface area contributed by atoms with E-state index in [-0.39, 0.29) is 12.3 Å². The van der Waals surface area contributed by atoms with E-state index in [0.717, 1.165) is 35.1 Å². The molecule has 0 radical (unpaired) electrons. The van der Waals surface area contributed by atoms with Crippen LogP contribution in [0.1, 0.15) is 18.4 Å². The van der Waals surface area contributed by atoms with Gasteiger partial charge in [-0.2, -0.15) is 0 Å². The molecule has 0 atom stereocenters. The number of rotatable bonds is 6. The van der Waals surface area contributed by atoms with Gasteiger partial charge in [-0.3, -0.25) is 4.79 Å². The Balaban J connectivity index is 1.38. The number of nitrogens with zero attached hydrogens (tertiary/aromatic N) is 3. The SMILES string of the molecule is CCOc1ccccc1N1CCN(C(=O)Cc2nc(-c3cccs3)oc2C)CC1. The van der Waals surface area contributed by atoms with Gasteiger partial charge in [-0.1, -0.05) is 18.2 Å². The van der Waals surface area contributed by atoms with Crippen molar-refractivity contribution in [3.05, 3.63) is 53.2 Å². The van der Waals surface area contributed by atoms with E-state index in [0.29, 0.717) is 31.3 Å². The number of anilines is 1. The molecule has 1 fully saturated rings. The molecule has 0 bridgehead atoms. The zero-order valence-electron chi connectivity index (χ0n) is 16.8. The number of carbonyl (C=O) groups excluding carboxylic acids is 1. The summed E-state index contributed by atoms with van der Waals surface area (Å²) in [5.41, 5.74) is 1.82. The summed E-state index contributed by atoms with van der Waals surface area (Å²) in [6.45, 7) is 7.45. The summed E-state index contributed by atoms with van der Waals surface area (Å²) < 4.78 is 11.5. The van der Waals surface area contributed by atoms with E-state index in [1.165, 1.54) is 0 Å². The zero-order valence-corrected chi connectivity index (χ0v) is 17.6. The highest BCUT2D eigenvalue weighted by Crippen LogP contribution is 2.29. The summed E-state index contributed by atoms with van der Waals surface area (Å²) >= 11 is 1.58. The topological polar surface area (TPSA) is 58.8 Å². The summed E-state index contributed by atoms with van der Waals surface area (Å²) in [6, 6.07) is 12.0. The molecule has 4 rings (SSSR count). The molecule has 152 valence electrons. The maximum atomic E-state index is 12.8. The number of aryl methyl sites for hydroxylation is 1. The van der Waals surface area contributed by atoms with Crippen LogP contribution in [0.25, 0.3) is 10.8 Å². The predicted octanol–water partition coefficient (Wildman–Crippen LogP) is 4.00. The highest BCUT2D eigenvalue weighted by molar-refractivity contribution is 7.13. The van der Waals surface area contributed by atoms with Crippen molar-refractivity contribution in [2.45, 2.75) is 20.3 Å². The second-order valence-corrected chi connectivity index (χ2v) is 7.89. The molecule has 2 aromatic heterocycles. The first-order valence-corrected chi connectivity index (χ1v) is 10.8. The second kappa shape index (κ2) is 8.69. The van der Waals surface area contributed by atoms with Gasteiger partial charge in [-0.15, -0.1) is 11.3 Å². The van der Waals surface area contributed by atoms with Crippen LogP contribution in [0.2, 0.25) is 0 Å². The smallest absolute Gasteiger partial charge is 0.236 e. The molecule has 7 heteroatoms. The molecule has 6 nitrogen and oxygen atoms in total. The van der Waals surface area contributed by atoms with Gasteiger partial charge >= 0.3 is 0 Å². The number of carbonyl (C=O) groups is 1. The number of oxazole rings is 1. The van der Waals surface area contributed by atoms with Gasteiger partial charge < -0.3 is 19.0 Å². The lowest BCUT2D eigenvalue weighted by Gasteiger charge is -2.36. The maximum Gasteiger partial charge on any atom is 0.236 e. The Bertz CT molecular complexity index is 960. The minimum atomic E-state index is 0.0943. The lowest BCUT2D eigenvalue weighted by atomic mass is 10.2. The van der Waals surface area contributed by atoms with Crippen LogP contribution < -0.4 is 9.64 Å². The molecule has 3 aromatic rings. The Labute approximate surface area is 174 Å². The minimum Gasteiger partial charge on any atom is -0.492 e. The van der Waals surface area contributed by atoms with Crippen molar-refractivity contribution < 1.29 is 13.9 Å². The van der Waals surface area contributed by atoms with Crippen LogP contribution in [-0.4, -0.2) is 48.6 Å². The van der Waals surface area contributed by atoms with Gasteiger partial charge in [0.15, 0.2) is 0 Å². The largest absolute Gasteiger partial charge is 0.492 e. The van der Waals surface area contributed by atoms with Crippen molar-refractivity contribution in [3.63, 3.8) is 0 Å². The quantitative estimate of drug-likeness (QED) is 0.614. The molecule has 29 heavy (non-hydrogen) atoms. The Kier molecular flexibility index (Phi) is 5.85. The summed E-state index contributed by atoms with van der Waals surface area (Å²) in [7, 11) is 0. The fourth-order valence-corrected chi connectivity index (χ4v) is 4.19. The summed E-state index contributed by atoms with van der Waals surface area (Å²) in [6.07, 6.45) is 0.274. The molecule has 1 amide bonds. The van der Waals surface area contributed by atoms with Crippen LogP contribution in [0.15, 0.2) is 46.2 Å². The maximum absolute atomic E-state index is 12.8. The van der Waals surface area contributed by atoms with Gasteiger partial charge in [0.25, 0.3) is 0 Å². The first kappa shape index (κ1) is 19.5. The number of aromatic nitrogens is 1. The number of piperazine rings is 1. The highest BCUT2D eigenvalue weighted by Gasteiger charge is 2.24. The number of amides is 1.